The molecule has 0 atom stereocenters. The second-order valence-electron chi connectivity index (χ2n) is 3.43. The predicted molar refractivity (Wildman–Crippen MR) is 52.7 cm³/mol. The predicted octanol–water partition coefficient (Wildman–Crippen LogP) is 1.89. The first-order valence-electron chi connectivity index (χ1n) is 4.37. The molecule has 0 radical (unpaired) electrons. The summed E-state index contributed by atoms with van der Waals surface area (Å²) in [5, 5.41) is 0. The molecule has 2 aromatic heterocycles. The molecular weight excluding hydrogens is 162 g/mol. The summed E-state index contributed by atoms with van der Waals surface area (Å²) in [4.78, 5) is 8.87. The smallest absolute Gasteiger partial charge is 0.106 e. The standard InChI is InChI=1S/C10H13N3/c1-6-5-9-10(7(2)11-6)13(4)8(3)12-9/h5H,1-4H3. The Kier molecular flexibility index (Phi) is 1.62. The Balaban J connectivity index is 2.94. The minimum Gasteiger partial charge on any atom is -0.330 e. The SMILES string of the molecule is Cc1cc2nc(C)n(C)c2c(C)n1. The summed E-state index contributed by atoms with van der Waals surface area (Å²) < 4.78 is 2.08. The quantitative estimate of drug-likeness (QED) is 0.612. The molecule has 0 spiro atoms. The van der Waals surface area contributed by atoms with Gasteiger partial charge in [-0.15, -0.1) is 0 Å². The van der Waals surface area contributed by atoms with Gasteiger partial charge in [-0.1, -0.05) is 0 Å². The second kappa shape index (κ2) is 2.55. The van der Waals surface area contributed by atoms with E-state index in [0.717, 1.165) is 28.2 Å². The maximum absolute atomic E-state index is 4.46. The van der Waals surface area contributed by atoms with E-state index in [1.807, 2.05) is 33.9 Å². The number of hydrogen-bond acceptors (Lipinski definition) is 2. The highest BCUT2D eigenvalue weighted by atomic mass is 15.1. The number of hydrogen-bond donors (Lipinski definition) is 0. The molecule has 0 amide bonds. The lowest BCUT2D eigenvalue weighted by molar-refractivity contribution is 0.879. The van der Waals surface area contributed by atoms with E-state index < -0.39 is 0 Å². The van der Waals surface area contributed by atoms with Gasteiger partial charge in [-0.05, 0) is 26.8 Å². The molecule has 0 aliphatic heterocycles. The topological polar surface area (TPSA) is 30.7 Å². The molecule has 0 aliphatic carbocycles. The monoisotopic (exact) mass is 175 g/mol. The van der Waals surface area contributed by atoms with Crippen molar-refractivity contribution in [2.24, 2.45) is 7.05 Å². The third-order valence-electron chi connectivity index (χ3n) is 2.38. The summed E-state index contributed by atoms with van der Waals surface area (Å²) in [5.41, 5.74) is 4.27. The zero-order valence-electron chi connectivity index (χ0n) is 8.42. The van der Waals surface area contributed by atoms with Crippen molar-refractivity contribution in [1.29, 1.82) is 0 Å². The van der Waals surface area contributed by atoms with Crippen LogP contribution in [0.25, 0.3) is 11.0 Å². The summed E-state index contributed by atoms with van der Waals surface area (Å²) in [6.07, 6.45) is 0. The number of rotatable bonds is 0. The Bertz CT molecular complexity index is 468. The molecule has 13 heavy (non-hydrogen) atoms. The number of imidazole rings is 1. The Morgan fingerprint density at radius 3 is 2.54 bits per heavy atom. The van der Waals surface area contributed by atoms with Gasteiger partial charge in [0.25, 0.3) is 0 Å². The summed E-state index contributed by atoms with van der Waals surface area (Å²) in [5.74, 6) is 1.03. The van der Waals surface area contributed by atoms with Gasteiger partial charge in [0.05, 0.1) is 16.7 Å². The molecule has 68 valence electrons. The van der Waals surface area contributed by atoms with Crippen LogP contribution in [-0.2, 0) is 7.05 Å². The van der Waals surface area contributed by atoms with Crippen molar-refractivity contribution < 1.29 is 0 Å². The number of fused-ring (bicyclic) bond motifs is 1. The average Bonchev–Trinajstić information content (AvgIpc) is 2.27. The number of aryl methyl sites for hydroxylation is 4. The normalized spacial score (nSPS) is 11.1. The molecule has 0 saturated carbocycles. The van der Waals surface area contributed by atoms with E-state index in [9.17, 15) is 0 Å². The van der Waals surface area contributed by atoms with Crippen molar-refractivity contribution >= 4 is 11.0 Å². The van der Waals surface area contributed by atoms with Gasteiger partial charge in [0.1, 0.15) is 5.82 Å². The fourth-order valence-corrected chi connectivity index (χ4v) is 1.71. The summed E-state index contributed by atoms with van der Waals surface area (Å²) in [6, 6.07) is 2.02. The number of aromatic nitrogens is 3. The first-order chi connectivity index (χ1) is 6.09. The zero-order valence-corrected chi connectivity index (χ0v) is 8.42. The summed E-state index contributed by atoms with van der Waals surface area (Å²) >= 11 is 0. The molecule has 0 saturated heterocycles. The maximum atomic E-state index is 4.46. The van der Waals surface area contributed by atoms with Crippen LogP contribution in [0.5, 0.6) is 0 Å². The summed E-state index contributed by atoms with van der Waals surface area (Å²) in [6.45, 7) is 6.03. The molecule has 3 heteroatoms. The third kappa shape index (κ3) is 1.11. The van der Waals surface area contributed by atoms with Crippen LogP contribution in [0.4, 0.5) is 0 Å². The average molecular weight is 175 g/mol. The van der Waals surface area contributed by atoms with E-state index in [2.05, 4.69) is 14.5 Å². The van der Waals surface area contributed by atoms with Gasteiger partial charge in [0.15, 0.2) is 0 Å². The van der Waals surface area contributed by atoms with E-state index in [4.69, 9.17) is 0 Å². The molecule has 2 heterocycles. The Labute approximate surface area is 77.4 Å². The largest absolute Gasteiger partial charge is 0.330 e. The maximum Gasteiger partial charge on any atom is 0.106 e. The van der Waals surface area contributed by atoms with Crippen LogP contribution in [0.3, 0.4) is 0 Å². The fraction of sp³-hybridized carbons (Fsp3) is 0.400. The first-order valence-corrected chi connectivity index (χ1v) is 4.37. The van der Waals surface area contributed by atoms with Crippen LogP contribution in [0.1, 0.15) is 17.2 Å². The highest BCUT2D eigenvalue weighted by Gasteiger charge is 2.07. The Hall–Kier alpha value is -1.38. The van der Waals surface area contributed by atoms with E-state index in [0.29, 0.717) is 0 Å². The van der Waals surface area contributed by atoms with Crippen LogP contribution in [-0.4, -0.2) is 14.5 Å². The van der Waals surface area contributed by atoms with Gasteiger partial charge in [-0.3, -0.25) is 4.98 Å². The summed E-state index contributed by atoms with van der Waals surface area (Å²) in [7, 11) is 2.02. The first kappa shape index (κ1) is 8.23. The van der Waals surface area contributed by atoms with Crippen molar-refractivity contribution in [1.82, 2.24) is 14.5 Å². The van der Waals surface area contributed by atoms with Gasteiger partial charge in [0, 0.05) is 12.7 Å². The molecule has 0 N–H and O–H groups in total. The lowest BCUT2D eigenvalue weighted by Crippen LogP contribution is -1.94. The van der Waals surface area contributed by atoms with Crippen molar-refractivity contribution in [3.05, 3.63) is 23.3 Å². The van der Waals surface area contributed by atoms with E-state index in [1.54, 1.807) is 0 Å². The van der Waals surface area contributed by atoms with Crippen molar-refractivity contribution in [2.45, 2.75) is 20.8 Å². The van der Waals surface area contributed by atoms with Gasteiger partial charge in [-0.2, -0.15) is 0 Å². The minimum absolute atomic E-state index is 1.03. The molecule has 2 rings (SSSR count). The highest BCUT2D eigenvalue weighted by Crippen LogP contribution is 2.17. The van der Waals surface area contributed by atoms with Crippen LogP contribution >= 0.6 is 0 Å². The van der Waals surface area contributed by atoms with Crippen molar-refractivity contribution in [3.63, 3.8) is 0 Å². The lowest BCUT2D eigenvalue weighted by Gasteiger charge is -2.00. The number of nitrogens with zero attached hydrogens (tertiary/aromatic N) is 3. The molecule has 0 unspecified atom stereocenters. The van der Waals surface area contributed by atoms with E-state index in [-0.39, 0.29) is 0 Å². The molecule has 0 aliphatic rings. The lowest BCUT2D eigenvalue weighted by atomic mass is 10.3. The third-order valence-corrected chi connectivity index (χ3v) is 2.38. The zero-order chi connectivity index (χ0) is 9.59. The molecule has 0 aromatic carbocycles. The molecule has 2 aromatic rings. The van der Waals surface area contributed by atoms with Crippen LogP contribution < -0.4 is 0 Å². The van der Waals surface area contributed by atoms with E-state index >= 15 is 0 Å². The highest BCUT2D eigenvalue weighted by molar-refractivity contribution is 5.78. The molecular formula is C10H13N3. The van der Waals surface area contributed by atoms with Gasteiger partial charge >= 0.3 is 0 Å². The van der Waals surface area contributed by atoms with Crippen LogP contribution in [0, 0.1) is 20.8 Å². The van der Waals surface area contributed by atoms with Crippen LogP contribution in [0.15, 0.2) is 6.07 Å². The van der Waals surface area contributed by atoms with E-state index in [1.165, 1.54) is 0 Å². The van der Waals surface area contributed by atoms with Gasteiger partial charge < -0.3 is 4.57 Å². The molecule has 3 nitrogen and oxygen atoms in total. The Morgan fingerprint density at radius 2 is 1.85 bits per heavy atom. The Morgan fingerprint density at radius 1 is 1.15 bits per heavy atom. The minimum atomic E-state index is 1.03. The fourth-order valence-electron chi connectivity index (χ4n) is 1.71. The van der Waals surface area contributed by atoms with Gasteiger partial charge in [-0.25, -0.2) is 4.98 Å². The second-order valence-corrected chi connectivity index (χ2v) is 3.43. The van der Waals surface area contributed by atoms with Crippen molar-refractivity contribution in [3.8, 4) is 0 Å². The molecule has 0 bridgehead atoms. The molecule has 0 fully saturated rings. The van der Waals surface area contributed by atoms with Gasteiger partial charge in [0.2, 0.25) is 0 Å². The van der Waals surface area contributed by atoms with Crippen molar-refractivity contribution in [2.75, 3.05) is 0 Å². The number of pyridine rings is 1. The van der Waals surface area contributed by atoms with Crippen LogP contribution in [0.2, 0.25) is 0 Å².